The Balaban J connectivity index is 0.00000171. The molecule has 168 valence electrons. The first-order valence-electron chi connectivity index (χ1n) is 9.71. The third kappa shape index (κ3) is 5.83. The maximum Gasteiger partial charge on any atom is 0.573 e. The van der Waals surface area contributed by atoms with E-state index in [1.165, 1.54) is 28.5 Å². The van der Waals surface area contributed by atoms with Crippen molar-refractivity contribution in [3.63, 3.8) is 0 Å². The summed E-state index contributed by atoms with van der Waals surface area (Å²) in [6.45, 7) is 5.60. The predicted octanol–water partition coefficient (Wildman–Crippen LogP) is 5.89. The molecule has 1 N–H and O–H groups in total. The van der Waals surface area contributed by atoms with Crippen molar-refractivity contribution in [1.82, 2.24) is 10.2 Å². The van der Waals surface area contributed by atoms with Gasteiger partial charge in [0.25, 0.3) is 0 Å². The Hall–Kier alpha value is -1.99. The largest absolute Gasteiger partial charge is 0.573 e. The third-order valence-corrected chi connectivity index (χ3v) is 5.42. The van der Waals surface area contributed by atoms with Gasteiger partial charge >= 0.3 is 6.36 Å². The molecule has 1 saturated heterocycles. The summed E-state index contributed by atoms with van der Waals surface area (Å²) in [7, 11) is 0. The van der Waals surface area contributed by atoms with Gasteiger partial charge in [-0.05, 0) is 46.5 Å². The highest BCUT2D eigenvalue weighted by atomic mass is 35.5. The molecule has 4 rings (SSSR count). The molecular formula is C23H25Cl2F3N2O. The van der Waals surface area contributed by atoms with E-state index in [9.17, 15) is 13.2 Å². The zero-order valence-electron chi connectivity index (χ0n) is 17.0. The van der Waals surface area contributed by atoms with E-state index in [2.05, 4.69) is 46.1 Å². The maximum absolute atomic E-state index is 12.5. The van der Waals surface area contributed by atoms with E-state index in [0.29, 0.717) is 0 Å². The minimum atomic E-state index is -4.69. The molecule has 0 bridgehead atoms. The molecule has 3 aromatic carbocycles. The molecule has 0 spiro atoms. The molecule has 1 aliphatic rings. The molecule has 3 aromatic rings. The predicted molar refractivity (Wildman–Crippen MR) is 123 cm³/mol. The first-order chi connectivity index (χ1) is 13.9. The highest BCUT2D eigenvalue weighted by Gasteiger charge is 2.31. The van der Waals surface area contributed by atoms with E-state index in [-0.39, 0.29) is 36.6 Å². The summed E-state index contributed by atoms with van der Waals surface area (Å²) in [5, 5.41) is 5.74. The fraction of sp³-hybridized carbons (Fsp3) is 0.304. The van der Waals surface area contributed by atoms with Gasteiger partial charge in [0.1, 0.15) is 5.75 Å². The molecule has 0 unspecified atom stereocenters. The number of aryl methyl sites for hydroxylation is 1. The molecule has 0 aliphatic carbocycles. The van der Waals surface area contributed by atoms with Gasteiger partial charge < -0.3 is 10.1 Å². The molecule has 1 aliphatic heterocycles. The maximum atomic E-state index is 12.5. The van der Waals surface area contributed by atoms with Crippen molar-refractivity contribution in [3.8, 4) is 5.75 Å². The van der Waals surface area contributed by atoms with Crippen LogP contribution in [0, 0.1) is 6.92 Å². The average Bonchev–Trinajstić information content (AvgIpc) is 2.71. The summed E-state index contributed by atoms with van der Waals surface area (Å²) in [4.78, 5) is 2.38. The van der Waals surface area contributed by atoms with Crippen molar-refractivity contribution in [2.75, 3.05) is 26.2 Å². The fourth-order valence-corrected chi connectivity index (χ4v) is 4.09. The van der Waals surface area contributed by atoms with Crippen molar-refractivity contribution < 1.29 is 17.9 Å². The molecule has 8 heteroatoms. The van der Waals surface area contributed by atoms with Crippen LogP contribution in [0.1, 0.15) is 22.7 Å². The monoisotopic (exact) mass is 472 g/mol. The van der Waals surface area contributed by atoms with Crippen molar-refractivity contribution in [2.24, 2.45) is 0 Å². The van der Waals surface area contributed by atoms with Gasteiger partial charge in [0.15, 0.2) is 0 Å². The van der Waals surface area contributed by atoms with Gasteiger partial charge in [-0.15, -0.1) is 38.0 Å². The number of alkyl halides is 3. The Bertz CT molecular complexity index is 990. The summed E-state index contributed by atoms with van der Waals surface area (Å²) >= 11 is 0. The normalized spacial score (nSPS) is 15.6. The lowest BCUT2D eigenvalue weighted by molar-refractivity contribution is -0.274. The third-order valence-electron chi connectivity index (χ3n) is 5.42. The van der Waals surface area contributed by atoms with E-state index in [0.717, 1.165) is 37.3 Å². The number of nitrogens with zero attached hydrogens (tertiary/aromatic N) is 1. The van der Waals surface area contributed by atoms with Crippen molar-refractivity contribution in [1.29, 1.82) is 0 Å². The first kappa shape index (κ1) is 25.3. The van der Waals surface area contributed by atoms with Gasteiger partial charge in [-0.25, -0.2) is 0 Å². The number of benzene rings is 3. The summed E-state index contributed by atoms with van der Waals surface area (Å²) in [5.41, 5.74) is 3.32. The topological polar surface area (TPSA) is 24.5 Å². The lowest BCUT2D eigenvalue weighted by Gasteiger charge is -2.36. The summed E-state index contributed by atoms with van der Waals surface area (Å²) < 4.78 is 41.6. The van der Waals surface area contributed by atoms with Gasteiger partial charge in [0.2, 0.25) is 0 Å². The SMILES string of the molecule is Cc1ccc([C@@H](c2ccc(OC(F)(F)F)cc2)N2CCNCC2)c2ccccc12.Cl.Cl. The van der Waals surface area contributed by atoms with Gasteiger partial charge in [-0.3, -0.25) is 4.90 Å². The van der Waals surface area contributed by atoms with Crippen LogP contribution in [0.2, 0.25) is 0 Å². The molecule has 1 heterocycles. The lowest BCUT2D eigenvalue weighted by Crippen LogP contribution is -2.45. The van der Waals surface area contributed by atoms with Crippen LogP contribution in [-0.2, 0) is 0 Å². The van der Waals surface area contributed by atoms with Crippen LogP contribution < -0.4 is 10.1 Å². The van der Waals surface area contributed by atoms with Gasteiger partial charge in [0.05, 0.1) is 6.04 Å². The number of hydrogen-bond donors (Lipinski definition) is 1. The van der Waals surface area contributed by atoms with Crippen LogP contribution in [0.15, 0.2) is 60.7 Å². The Kier molecular flexibility index (Phi) is 8.60. The molecule has 0 aromatic heterocycles. The van der Waals surface area contributed by atoms with Crippen LogP contribution >= 0.6 is 24.8 Å². The van der Waals surface area contributed by atoms with E-state index in [4.69, 9.17) is 0 Å². The molecule has 31 heavy (non-hydrogen) atoms. The zero-order chi connectivity index (χ0) is 20.4. The summed E-state index contributed by atoms with van der Waals surface area (Å²) in [6, 6.07) is 18.8. The van der Waals surface area contributed by atoms with Crippen LogP contribution in [-0.4, -0.2) is 37.4 Å². The molecule has 3 nitrogen and oxygen atoms in total. The van der Waals surface area contributed by atoms with Gasteiger partial charge in [0, 0.05) is 26.2 Å². The van der Waals surface area contributed by atoms with Crippen LogP contribution in [0.4, 0.5) is 13.2 Å². The second-order valence-electron chi connectivity index (χ2n) is 7.32. The first-order valence-corrected chi connectivity index (χ1v) is 9.71. The molecule has 0 saturated carbocycles. The van der Waals surface area contributed by atoms with E-state index < -0.39 is 6.36 Å². The van der Waals surface area contributed by atoms with Crippen LogP contribution in [0.3, 0.4) is 0 Å². The number of rotatable bonds is 4. The Morgan fingerprint density at radius 3 is 2.10 bits per heavy atom. The minimum Gasteiger partial charge on any atom is -0.406 e. The van der Waals surface area contributed by atoms with E-state index in [1.807, 2.05) is 12.1 Å². The second kappa shape index (κ2) is 10.6. The van der Waals surface area contributed by atoms with Crippen LogP contribution in [0.5, 0.6) is 5.75 Å². The number of ether oxygens (including phenoxy) is 1. The molecular weight excluding hydrogens is 448 g/mol. The Morgan fingerprint density at radius 1 is 0.871 bits per heavy atom. The van der Waals surface area contributed by atoms with Crippen molar-refractivity contribution in [2.45, 2.75) is 19.3 Å². The van der Waals surface area contributed by atoms with E-state index in [1.54, 1.807) is 12.1 Å². The smallest absolute Gasteiger partial charge is 0.406 e. The standard InChI is InChI=1S/C23H23F3N2O.2ClH/c1-16-6-11-21(20-5-3-2-4-19(16)20)22(28-14-12-27-13-15-28)17-7-9-18(10-8-17)29-23(24,25)26;;/h2-11,22,27H,12-15H2,1H3;2*1H/t22-;;/m1../s1. The Morgan fingerprint density at radius 2 is 1.48 bits per heavy atom. The number of piperazine rings is 1. The van der Waals surface area contributed by atoms with Crippen molar-refractivity contribution in [3.05, 3.63) is 77.4 Å². The quantitative estimate of drug-likeness (QED) is 0.512. The molecule has 1 atom stereocenters. The molecule has 1 fully saturated rings. The zero-order valence-corrected chi connectivity index (χ0v) is 18.6. The number of hydrogen-bond acceptors (Lipinski definition) is 3. The molecule has 0 amide bonds. The average molecular weight is 473 g/mol. The Labute approximate surface area is 192 Å². The minimum absolute atomic E-state index is 0. The fourth-order valence-electron chi connectivity index (χ4n) is 4.09. The van der Waals surface area contributed by atoms with Crippen LogP contribution in [0.25, 0.3) is 10.8 Å². The van der Waals surface area contributed by atoms with Crippen molar-refractivity contribution >= 4 is 35.6 Å². The number of halogens is 5. The second-order valence-corrected chi connectivity index (χ2v) is 7.32. The van der Waals surface area contributed by atoms with Gasteiger partial charge in [-0.1, -0.05) is 48.5 Å². The summed E-state index contributed by atoms with van der Waals surface area (Å²) in [6.07, 6.45) is -4.69. The van der Waals surface area contributed by atoms with E-state index >= 15 is 0 Å². The van der Waals surface area contributed by atoms with Gasteiger partial charge in [-0.2, -0.15) is 0 Å². The summed E-state index contributed by atoms with van der Waals surface area (Å²) in [5.74, 6) is -0.200. The molecule has 0 radical (unpaired) electrons. The lowest BCUT2D eigenvalue weighted by atomic mass is 9.90. The number of nitrogens with one attached hydrogen (secondary N) is 1. The highest BCUT2D eigenvalue weighted by molar-refractivity contribution is 5.89. The number of fused-ring (bicyclic) bond motifs is 1. The highest BCUT2D eigenvalue weighted by Crippen LogP contribution is 2.36.